The van der Waals surface area contributed by atoms with Gasteiger partial charge in [-0.05, 0) is 18.8 Å². The Kier molecular flexibility index (Phi) is 5.08. The number of hydrogen-bond acceptors (Lipinski definition) is 2. The molecule has 0 radical (unpaired) electrons. The number of rotatable bonds is 6. The lowest BCUT2D eigenvalue weighted by molar-refractivity contribution is -0.138. The first-order valence-corrected chi connectivity index (χ1v) is 3.96. The molecule has 0 heterocycles. The van der Waals surface area contributed by atoms with Crippen LogP contribution in [-0.2, 0) is 9.59 Å². The monoisotopic (exact) mass is 174 g/mol. The van der Waals surface area contributed by atoms with Gasteiger partial charge in [0.25, 0.3) is 0 Å². The molecule has 0 aromatic rings. The lowest BCUT2D eigenvalue weighted by Crippen LogP contribution is -2.05. The highest BCUT2D eigenvalue weighted by atomic mass is 16.4. The Morgan fingerprint density at radius 2 is 1.83 bits per heavy atom. The summed E-state index contributed by atoms with van der Waals surface area (Å²) in [6, 6.07) is 0. The quantitative estimate of drug-likeness (QED) is 0.637. The maximum absolute atomic E-state index is 10.2. The van der Waals surface area contributed by atoms with Crippen molar-refractivity contribution in [2.24, 2.45) is 5.92 Å². The summed E-state index contributed by atoms with van der Waals surface area (Å²) < 4.78 is 0. The Balaban J connectivity index is 3.37. The molecule has 0 amide bonds. The van der Waals surface area contributed by atoms with Crippen molar-refractivity contribution >= 4 is 11.9 Å². The van der Waals surface area contributed by atoms with E-state index in [1.165, 1.54) is 0 Å². The standard InChI is InChI=1S/C8H14O4/c1-6(5-8(11)12)3-2-4-7(9)10/h6H,2-5H2,1H3,(H,9,10)(H,11,12)/t6-/m1/s1. The topological polar surface area (TPSA) is 74.6 Å². The molecule has 0 unspecified atom stereocenters. The van der Waals surface area contributed by atoms with Crippen LogP contribution < -0.4 is 0 Å². The molecule has 4 nitrogen and oxygen atoms in total. The fourth-order valence-electron chi connectivity index (χ4n) is 1.00. The molecule has 0 saturated heterocycles. The van der Waals surface area contributed by atoms with Crippen molar-refractivity contribution in [3.8, 4) is 0 Å². The Labute approximate surface area is 71.2 Å². The molecule has 0 aliphatic rings. The van der Waals surface area contributed by atoms with Crippen LogP contribution in [0.1, 0.15) is 32.6 Å². The summed E-state index contributed by atoms with van der Waals surface area (Å²) in [6.45, 7) is 1.82. The van der Waals surface area contributed by atoms with E-state index in [4.69, 9.17) is 10.2 Å². The summed E-state index contributed by atoms with van der Waals surface area (Å²) in [4.78, 5) is 20.3. The summed E-state index contributed by atoms with van der Waals surface area (Å²) in [7, 11) is 0. The molecule has 0 aromatic carbocycles. The molecule has 70 valence electrons. The molecule has 0 fully saturated rings. The molecule has 0 aliphatic heterocycles. The maximum atomic E-state index is 10.2. The summed E-state index contributed by atoms with van der Waals surface area (Å²) >= 11 is 0. The first-order valence-electron chi connectivity index (χ1n) is 3.96. The van der Waals surface area contributed by atoms with Crippen molar-refractivity contribution in [2.45, 2.75) is 32.6 Å². The zero-order chi connectivity index (χ0) is 9.56. The fourth-order valence-corrected chi connectivity index (χ4v) is 1.00. The van der Waals surface area contributed by atoms with Crippen molar-refractivity contribution in [3.63, 3.8) is 0 Å². The maximum Gasteiger partial charge on any atom is 0.303 e. The van der Waals surface area contributed by atoms with Gasteiger partial charge in [0, 0.05) is 12.8 Å². The van der Waals surface area contributed by atoms with E-state index >= 15 is 0 Å². The van der Waals surface area contributed by atoms with Gasteiger partial charge in [-0.1, -0.05) is 6.92 Å². The predicted molar refractivity (Wildman–Crippen MR) is 42.9 cm³/mol. The lowest BCUT2D eigenvalue weighted by Gasteiger charge is -2.05. The van der Waals surface area contributed by atoms with E-state index in [0.717, 1.165) is 0 Å². The molecule has 4 heteroatoms. The third-order valence-electron chi connectivity index (χ3n) is 1.61. The van der Waals surface area contributed by atoms with Gasteiger partial charge in [0.1, 0.15) is 0 Å². The summed E-state index contributed by atoms with van der Waals surface area (Å²) in [5.41, 5.74) is 0. The molecule has 12 heavy (non-hydrogen) atoms. The second-order valence-electron chi connectivity index (χ2n) is 2.99. The molecular weight excluding hydrogens is 160 g/mol. The van der Waals surface area contributed by atoms with E-state index < -0.39 is 11.9 Å². The Bertz CT molecular complexity index is 164. The summed E-state index contributed by atoms with van der Waals surface area (Å²) in [5.74, 6) is -1.57. The molecule has 2 N–H and O–H groups in total. The largest absolute Gasteiger partial charge is 0.481 e. The highest BCUT2D eigenvalue weighted by molar-refractivity contribution is 5.67. The first-order chi connectivity index (χ1) is 5.52. The van der Waals surface area contributed by atoms with Crippen LogP contribution in [0.4, 0.5) is 0 Å². The van der Waals surface area contributed by atoms with Gasteiger partial charge in [-0.25, -0.2) is 0 Å². The van der Waals surface area contributed by atoms with Gasteiger partial charge in [0.15, 0.2) is 0 Å². The van der Waals surface area contributed by atoms with Crippen molar-refractivity contribution in [3.05, 3.63) is 0 Å². The van der Waals surface area contributed by atoms with E-state index in [1.54, 1.807) is 0 Å². The number of carboxylic acid groups (broad SMARTS) is 2. The Morgan fingerprint density at radius 1 is 1.25 bits per heavy atom. The minimum atomic E-state index is -0.822. The molecule has 0 rings (SSSR count). The van der Waals surface area contributed by atoms with Gasteiger partial charge in [-0.15, -0.1) is 0 Å². The number of carboxylic acids is 2. The summed E-state index contributed by atoms with van der Waals surface area (Å²) in [6.07, 6.45) is 1.48. The normalized spacial score (nSPS) is 12.4. The van der Waals surface area contributed by atoms with Crippen LogP contribution in [0.25, 0.3) is 0 Å². The van der Waals surface area contributed by atoms with E-state index in [0.29, 0.717) is 12.8 Å². The third kappa shape index (κ3) is 7.05. The average molecular weight is 174 g/mol. The second-order valence-corrected chi connectivity index (χ2v) is 2.99. The van der Waals surface area contributed by atoms with Gasteiger partial charge >= 0.3 is 11.9 Å². The van der Waals surface area contributed by atoms with Gasteiger partial charge in [-0.2, -0.15) is 0 Å². The molecule has 1 atom stereocenters. The second kappa shape index (κ2) is 5.57. The predicted octanol–water partition coefficient (Wildman–Crippen LogP) is 1.35. The Morgan fingerprint density at radius 3 is 2.25 bits per heavy atom. The number of hydrogen-bond donors (Lipinski definition) is 2. The molecule has 0 aromatic heterocycles. The van der Waals surface area contributed by atoms with Crippen LogP contribution in [0, 0.1) is 5.92 Å². The minimum absolute atomic E-state index is 0.0712. The van der Waals surface area contributed by atoms with Crippen LogP contribution in [0.15, 0.2) is 0 Å². The molecule has 0 saturated carbocycles. The van der Waals surface area contributed by atoms with Crippen molar-refractivity contribution < 1.29 is 19.8 Å². The number of aliphatic carboxylic acids is 2. The molecule has 0 spiro atoms. The highest BCUT2D eigenvalue weighted by Crippen LogP contribution is 2.11. The van der Waals surface area contributed by atoms with E-state index in [-0.39, 0.29) is 18.8 Å². The average Bonchev–Trinajstić information content (AvgIpc) is 1.84. The van der Waals surface area contributed by atoms with E-state index in [9.17, 15) is 9.59 Å². The van der Waals surface area contributed by atoms with Crippen LogP contribution in [0.5, 0.6) is 0 Å². The molecule has 0 bridgehead atoms. The number of carbonyl (C=O) groups is 2. The van der Waals surface area contributed by atoms with E-state index in [2.05, 4.69) is 0 Å². The van der Waals surface area contributed by atoms with Crippen molar-refractivity contribution in [1.82, 2.24) is 0 Å². The smallest absolute Gasteiger partial charge is 0.303 e. The van der Waals surface area contributed by atoms with E-state index in [1.807, 2.05) is 6.92 Å². The third-order valence-corrected chi connectivity index (χ3v) is 1.61. The van der Waals surface area contributed by atoms with Crippen LogP contribution in [0.2, 0.25) is 0 Å². The van der Waals surface area contributed by atoms with Crippen molar-refractivity contribution in [2.75, 3.05) is 0 Å². The summed E-state index contributed by atoms with van der Waals surface area (Å²) in [5, 5.41) is 16.7. The molecule has 0 aliphatic carbocycles. The van der Waals surface area contributed by atoms with Gasteiger partial charge in [0.2, 0.25) is 0 Å². The van der Waals surface area contributed by atoms with Gasteiger partial charge in [-0.3, -0.25) is 9.59 Å². The highest BCUT2D eigenvalue weighted by Gasteiger charge is 2.07. The van der Waals surface area contributed by atoms with Crippen LogP contribution >= 0.6 is 0 Å². The fraction of sp³-hybridized carbons (Fsp3) is 0.750. The SMILES string of the molecule is C[C@H](CCCC(=O)O)CC(=O)O. The van der Waals surface area contributed by atoms with Gasteiger partial charge in [0.05, 0.1) is 0 Å². The van der Waals surface area contributed by atoms with Crippen molar-refractivity contribution in [1.29, 1.82) is 0 Å². The first kappa shape index (κ1) is 10.9. The zero-order valence-electron chi connectivity index (χ0n) is 7.12. The molecular formula is C8H14O4. The van der Waals surface area contributed by atoms with Crippen LogP contribution in [-0.4, -0.2) is 22.2 Å². The minimum Gasteiger partial charge on any atom is -0.481 e. The van der Waals surface area contributed by atoms with Gasteiger partial charge < -0.3 is 10.2 Å². The zero-order valence-corrected chi connectivity index (χ0v) is 7.12. The van der Waals surface area contributed by atoms with Crippen LogP contribution in [0.3, 0.4) is 0 Å². The lowest BCUT2D eigenvalue weighted by atomic mass is 10.0. The Hall–Kier alpha value is -1.06.